The zero-order chi connectivity index (χ0) is 16.8. The standard InChI is InChI=1S/C17H14ClN3O2/c1-17(2)7-14(21-9-11(18)6-13(20)16(21)22)12-5-10(8-19)3-4-15(12)23-17/h3-7,9H,20H2,1-2H3. The number of nitrogen functional groups attached to an aromatic ring is 1. The second-order valence-corrected chi connectivity index (χ2v) is 6.28. The molecule has 0 spiro atoms. The van der Waals surface area contributed by atoms with Crippen molar-refractivity contribution in [2.24, 2.45) is 0 Å². The van der Waals surface area contributed by atoms with Gasteiger partial charge in [-0.1, -0.05) is 11.6 Å². The Bertz CT molecular complexity index is 936. The van der Waals surface area contributed by atoms with Crippen molar-refractivity contribution < 1.29 is 4.74 Å². The molecule has 0 bridgehead atoms. The van der Waals surface area contributed by atoms with Gasteiger partial charge in [-0.25, -0.2) is 0 Å². The molecule has 1 aliphatic rings. The van der Waals surface area contributed by atoms with E-state index in [9.17, 15) is 4.79 Å². The molecule has 3 rings (SSSR count). The molecule has 2 aromatic rings. The molecule has 2 heterocycles. The van der Waals surface area contributed by atoms with Crippen LogP contribution < -0.4 is 16.0 Å². The van der Waals surface area contributed by atoms with Gasteiger partial charge >= 0.3 is 0 Å². The smallest absolute Gasteiger partial charge is 0.278 e. The van der Waals surface area contributed by atoms with Gasteiger partial charge in [-0.2, -0.15) is 5.26 Å². The Morgan fingerprint density at radius 1 is 1.35 bits per heavy atom. The molecule has 2 N–H and O–H groups in total. The van der Waals surface area contributed by atoms with Crippen molar-refractivity contribution >= 4 is 23.0 Å². The Labute approximate surface area is 138 Å². The van der Waals surface area contributed by atoms with E-state index in [0.29, 0.717) is 27.6 Å². The summed E-state index contributed by atoms with van der Waals surface area (Å²) in [4.78, 5) is 12.4. The summed E-state index contributed by atoms with van der Waals surface area (Å²) in [7, 11) is 0. The first-order valence-electron chi connectivity index (χ1n) is 6.95. The SMILES string of the molecule is CC1(C)C=C(n2cc(Cl)cc(N)c2=O)c2cc(C#N)ccc2O1. The topological polar surface area (TPSA) is 81.0 Å². The summed E-state index contributed by atoms with van der Waals surface area (Å²) in [6, 6.07) is 8.58. The van der Waals surface area contributed by atoms with E-state index in [1.807, 2.05) is 19.9 Å². The third-order valence-corrected chi connectivity index (χ3v) is 3.72. The maximum absolute atomic E-state index is 12.4. The molecule has 0 radical (unpaired) electrons. The molecule has 0 aliphatic carbocycles. The number of aromatic nitrogens is 1. The maximum Gasteiger partial charge on any atom is 0.278 e. The van der Waals surface area contributed by atoms with Gasteiger partial charge in [-0.05, 0) is 44.2 Å². The number of rotatable bonds is 1. The maximum atomic E-state index is 12.4. The fraction of sp³-hybridized carbons (Fsp3) is 0.176. The van der Waals surface area contributed by atoms with E-state index in [2.05, 4.69) is 6.07 Å². The lowest BCUT2D eigenvalue weighted by Crippen LogP contribution is -2.32. The van der Waals surface area contributed by atoms with Crippen LogP contribution in [0.2, 0.25) is 5.02 Å². The minimum absolute atomic E-state index is 0.0562. The van der Waals surface area contributed by atoms with Crippen LogP contribution in [0.15, 0.2) is 41.3 Å². The zero-order valence-corrected chi connectivity index (χ0v) is 13.4. The van der Waals surface area contributed by atoms with E-state index >= 15 is 0 Å². The molecule has 1 aromatic carbocycles. The number of hydrogen-bond acceptors (Lipinski definition) is 4. The molecule has 0 saturated carbocycles. The fourth-order valence-electron chi connectivity index (χ4n) is 2.56. The quantitative estimate of drug-likeness (QED) is 0.873. The Morgan fingerprint density at radius 2 is 2.09 bits per heavy atom. The van der Waals surface area contributed by atoms with Gasteiger partial charge in [-0.3, -0.25) is 9.36 Å². The largest absolute Gasteiger partial charge is 0.483 e. The highest BCUT2D eigenvalue weighted by Crippen LogP contribution is 2.37. The van der Waals surface area contributed by atoms with E-state index in [1.54, 1.807) is 18.2 Å². The molecule has 6 heteroatoms. The lowest BCUT2D eigenvalue weighted by Gasteiger charge is -2.31. The first-order valence-corrected chi connectivity index (χ1v) is 7.33. The molecular formula is C17H14ClN3O2. The molecule has 0 fully saturated rings. The lowest BCUT2D eigenvalue weighted by atomic mass is 9.97. The van der Waals surface area contributed by atoms with Crippen molar-refractivity contribution in [3.8, 4) is 11.8 Å². The van der Waals surface area contributed by atoms with Crippen LogP contribution >= 0.6 is 11.6 Å². The lowest BCUT2D eigenvalue weighted by molar-refractivity contribution is 0.157. The number of halogens is 1. The van der Waals surface area contributed by atoms with Crippen molar-refractivity contribution in [3.63, 3.8) is 0 Å². The van der Waals surface area contributed by atoms with Gasteiger partial charge in [0, 0.05) is 11.8 Å². The van der Waals surface area contributed by atoms with Crippen LogP contribution in [0.1, 0.15) is 25.0 Å². The Hall–Kier alpha value is -2.71. The highest BCUT2D eigenvalue weighted by Gasteiger charge is 2.28. The average Bonchev–Trinajstić information content (AvgIpc) is 2.49. The van der Waals surface area contributed by atoms with Gasteiger partial charge in [0.2, 0.25) is 0 Å². The van der Waals surface area contributed by atoms with Crippen LogP contribution in [-0.4, -0.2) is 10.2 Å². The zero-order valence-electron chi connectivity index (χ0n) is 12.6. The fourth-order valence-corrected chi connectivity index (χ4v) is 2.77. The number of nitrogens with two attached hydrogens (primary N) is 1. The second kappa shape index (κ2) is 5.18. The first-order chi connectivity index (χ1) is 10.8. The van der Waals surface area contributed by atoms with Gasteiger partial charge in [-0.15, -0.1) is 0 Å². The molecule has 0 unspecified atom stereocenters. The normalized spacial score (nSPS) is 15.1. The molecule has 0 atom stereocenters. The molecule has 5 nitrogen and oxygen atoms in total. The van der Waals surface area contributed by atoms with Crippen LogP contribution in [0.25, 0.3) is 5.70 Å². The van der Waals surface area contributed by atoms with Crippen LogP contribution in [-0.2, 0) is 0 Å². The highest BCUT2D eigenvalue weighted by molar-refractivity contribution is 6.30. The number of ether oxygens (including phenoxy) is 1. The summed E-state index contributed by atoms with van der Waals surface area (Å²) in [5, 5.41) is 9.47. The number of pyridine rings is 1. The highest BCUT2D eigenvalue weighted by atomic mass is 35.5. The van der Waals surface area contributed by atoms with Crippen LogP contribution in [0.3, 0.4) is 0 Å². The third-order valence-electron chi connectivity index (χ3n) is 3.51. The van der Waals surface area contributed by atoms with E-state index in [-0.39, 0.29) is 11.2 Å². The van der Waals surface area contributed by atoms with Gasteiger partial charge in [0.1, 0.15) is 11.4 Å². The van der Waals surface area contributed by atoms with Gasteiger partial charge in [0.05, 0.1) is 28.0 Å². The van der Waals surface area contributed by atoms with E-state index in [0.717, 1.165) is 0 Å². The van der Waals surface area contributed by atoms with Crippen LogP contribution in [0.5, 0.6) is 5.75 Å². The molecule has 0 amide bonds. The number of nitriles is 1. The van der Waals surface area contributed by atoms with Crippen LogP contribution in [0, 0.1) is 11.3 Å². The van der Waals surface area contributed by atoms with Crippen molar-refractivity contribution in [3.05, 3.63) is 63.0 Å². The van der Waals surface area contributed by atoms with Crippen molar-refractivity contribution in [2.75, 3.05) is 5.73 Å². The van der Waals surface area contributed by atoms with E-state index in [1.165, 1.54) is 16.8 Å². The first kappa shape index (κ1) is 15.2. The summed E-state index contributed by atoms with van der Waals surface area (Å²) in [5.41, 5.74) is 6.52. The molecule has 116 valence electrons. The molecule has 1 aromatic heterocycles. The monoisotopic (exact) mass is 327 g/mol. The Morgan fingerprint density at radius 3 is 2.78 bits per heavy atom. The van der Waals surface area contributed by atoms with Gasteiger partial charge in [0.25, 0.3) is 5.56 Å². The summed E-state index contributed by atoms with van der Waals surface area (Å²) >= 11 is 6.05. The minimum atomic E-state index is -0.618. The summed E-state index contributed by atoms with van der Waals surface area (Å²) < 4.78 is 7.30. The number of nitrogens with zero attached hydrogens (tertiary/aromatic N) is 2. The molecule has 23 heavy (non-hydrogen) atoms. The Kier molecular flexibility index (Phi) is 3.42. The van der Waals surface area contributed by atoms with Gasteiger partial charge < -0.3 is 10.5 Å². The Balaban J connectivity index is 2.33. The van der Waals surface area contributed by atoms with Crippen LogP contribution in [0.4, 0.5) is 5.69 Å². The molecule has 0 saturated heterocycles. The van der Waals surface area contributed by atoms with E-state index < -0.39 is 5.60 Å². The number of benzene rings is 1. The summed E-state index contributed by atoms with van der Waals surface area (Å²) in [6.45, 7) is 3.76. The molecule has 1 aliphatic heterocycles. The number of hydrogen-bond donors (Lipinski definition) is 1. The molecular weight excluding hydrogens is 314 g/mol. The summed E-state index contributed by atoms with van der Waals surface area (Å²) in [5.74, 6) is 0.594. The van der Waals surface area contributed by atoms with Crippen molar-refractivity contribution in [2.45, 2.75) is 19.4 Å². The van der Waals surface area contributed by atoms with Gasteiger partial charge in [0.15, 0.2) is 0 Å². The predicted octanol–water partition coefficient (Wildman–Crippen LogP) is 3.02. The van der Waals surface area contributed by atoms with Crippen molar-refractivity contribution in [1.29, 1.82) is 5.26 Å². The number of anilines is 1. The second-order valence-electron chi connectivity index (χ2n) is 5.85. The third kappa shape index (κ3) is 2.69. The minimum Gasteiger partial charge on any atom is -0.483 e. The average molecular weight is 328 g/mol. The van der Waals surface area contributed by atoms with Crippen molar-refractivity contribution in [1.82, 2.24) is 4.57 Å². The van der Waals surface area contributed by atoms with E-state index in [4.69, 9.17) is 27.3 Å². The summed E-state index contributed by atoms with van der Waals surface area (Å²) in [6.07, 6.45) is 3.32. The number of fused-ring (bicyclic) bond motifs is 1. The predicted molar refractivity (Wildman–Crippen MR) is 89.4 cm³/mol.